The first kappa shape index (κ1) is 7.64. The van der Waals surface area contributed by atoms with Crippen molar-refractivity contribution in [2.45, 2.75) is 46.0 Å². The minimum atomic E-state index is 1.05. The summed E-state index contributed by atoms with van der Waals surface area (Å²) in [4.78, 5) is 0. The highest BCUT2D eigenvalue weighted by atomic mass is 14.5. The van der Waals surface area contributed by atoms with Crippen LogP contribution >= 0.6 is 0 Å². The minimum absolute atomic E-state index is 1.05. The first-order valence-corrected chi connectivity index (χ1v) is 5.33. The maximum atomic E-state index is 2.47. The molecule has 0 heteroatoms. The number of fused-ring (bicyclic) bond motifs is 1. The van der Waals surface area contributed by atoms with E-state index in [1.165, 1.54) is 19.3 Å². The Bertz CT molecular complexity index is 139. The van der Waals surface area contributed by atoms with Gasteiger partial charge in [0.1, 0.15) is 0 Å². The van der Waals surface area contributed by atoms with E-state index in [1.54, 1.807) is 12.8 Å². The topological polar surface area (TPSA) is 0 Å². The third-order valence-electron chi connectivity index (χ3n) is 4.16. The van der Waals surface area contributed by atoms with E-state index < -0.39 is 0 Å². The van der Waals surface area contributed by atoms with Gasteiger partial charge in [-0.05, 0) is 42.9 Å². The first-order valence-electron chi connectivity index (χ1n) is 5.33. The lowest BCUT2D eigenvalue weighted by molar-refractivity contribution is 0.333. The maximum absolute atomic E-state index is 2.47. The van der Waals surface area contributed by atoms with Crippen LogP contribution in [0.2, 0.25) is 0 Å². The summed E-state index contributed by atoms with van der Waals surface area (Å²) in [6.45, 7) is 4.84. The van der Waals surface area contributed by atoms with Gasteiger partial charge in [-0.3, -0.25) is 0 Å². The Hall–Kier alpha value is 0. The zero-order valence-electron chi connectivity index (χ0n) is 7.84. The van der Waals surface area contributed by atoms with Gasteiger partial charge >= 0.3 is 0 Å². The zero-order chi connectivity index (χ0) is 7.84. The Balaban J connectivity index is 2.07. The van der Waals surface area contributed by atoms with Gasteiger partial charge in [-0.15, -0.1) is 0 Å². The van der Waals surface area contributed by atoms with Crippen LogP contribution in [0.1, 0.15) is 46.0 Å². The summed E-state index contributed by atoms with van der Waals surface area (Å²) in [5.41, 5.74) is 0. The largest absolute Gasteiger partial charge is 0.0651 e. The normalized spacial score (nSPS) is 49.6. The smallest absolute Gasteiger partial charge is 0.0355 e. The first-order chi connectivity index (χ1) is 5.33. The Morgan fingerprint density at radius 3 is 2.64 bits per heavy atom. The summed E-state index contributed by atoms with van der Waals surface area (Å²) in [6.07, 6.45) is 7.59. The summed E-state index contributed by atoms with van der Waals surface area (Å²) < 4.78 is 0. The van der Waals surface area contributed by atoms with Crippen molar-refractivity contribution in [3.63, 3.8) is 0 Å². The van der Waals surface area contributed by atoms with Crippen molar-refractivity contribution >= 4 is 0 Å². The van der Waals surface area contributed by atoms with Crippen LogP contribution in [0, 0.1) is 23.7 Å². The molecule has 3 unspecified atom stereocenters. The van der Waals surface area contributed by atoms with E-state index in [9.17, 15) is 0 Å². The fourth-order valence-electron chi connectivity index (χ4n) is 3.61. The molecule has 0 amide bonds. The predicted molar refractivity (Wildman–Crippen MR) is 48.4 cm³/mol. The highest BCUT2D eigenvalue weighted by molar-refractivity contribution is 4.92. The fraction of sp³-hybridized carbons (Fsp3) is 1.00. The molecule has 0 nitrogen and oxygen atoms in total. The molecule has 2 fully saturated rings. The second-order valence-electron chi connectivity index (χ2n) is 4.64. The van der Waals surface area contributed by atoms with Crippen molar-refractivity contribution in [1.82, 2.24) is 0 Å². The molecule has 4 atom stereocenters. The lowest BCUT2D eigenvalue weighted by atomic mass is 9.90. The van der Waals surface area contributed by atoms with E-state index in [4.69, 9.17) is 0 Å². The summed E-state index contributed by atoms with van der Waals surface area (Å²) in [6, 6.07) is 0. The summed E-state index contributed by atoms with van der Waals surface area (Å²) in [7, 11) is 0. The number of rotatable bonds is 1. The van der Waals surface area contributed by atoms with E-state index in [-0.39, 0.29) is 0 Å². The molecule has 0 aromatic carbocycles. The molecule has 11 heavy (non-hydrogen) atoms. The van der Waals surface area contributed by atoms with Gasteiger partial charge in [0.2, 0.25) is 0 Å². The van der Waals surface area contributed by atoms with Crippen molar-refractivity contribution in [1.29, 1.82) is 0 Å². The average molecular weight is 152 g/mol. The standard InChI is InChI=1S/C11H20/c1-3-9-7-8(2)10-5-4-6-11(9)10/h8-11H,3-7H2,1-2H3/t8?,9-,10?,11?/m0/s1. The second-order valence-corrected chi connectivity index (χ2v) is 4.64. The van der Waals surface area contributed by atoms with Gasteiger partial charge in [0.15, 0.2) is 0 Å². The van der Waals surface area contributed by atoms with Gasteiger partial charge < -0.3 is 0 Å². The molecule has 0 N–H and O–H groups in total. The van der Waals surface area contributed by atoms with Crippen LogP contribution in [-0.4, -0.2) is 0 Å². The molecule has 0 saturated heterocycles. The molecule has 0 aromatic rings. The lowest BCUT2D eigenvalue weighted by Gasteiger charge is -2.16. The molecule has 2 aliphatic carbocycles. The van der Waals surface area contributed by atoms with Gasteiger partial charge in [-0.25, -0.2) is 0 Å². The van der Waals surface area contributed by atoms with E-state index >= 15 is 0 Å². The molecule has 2 saturated carbocycles. The highest BCUT2D eigenvalue weighted by Gasteiger charge is 2.42. The van der Waals surface area contributed by atoms with Crippen LogP contribution in [0.4, 0.5) is 0 Å². The van der Waals surface area contributed by atoms with Gasteiger partial charge in [-0.2, -0.15) is 0 Å². The van der Waals surface area contributed by atoms with Crippen LogP contribution in [-0.2, 0) is 0 Å². The van der Waals surface area contributed by atoms with Crippen molar-refractivity contribution in [2.24, 2.45) is 23.7 Å². The van der Waals surface area contributed by atoms with Crippen LogP contribution in [0.3, 0.4) is 0 Å². The van der Waals surface area contributed by atoms with Crippen LogP contribution in [0.15, 0.2) is 0 Å². The molecule has 0 aromatic heterocycles. The SMILES string of the molecule is CC[C@H]1CC(C)C2CCCC21. The van der Waals surface area contributed by atoms with Crippen molar-refractivity contribution in [2.75, 3.05) is 0 Å². The zero-order valence-corrected chi connectivity index (χ0v) is 7.84. The summed E-state index contributed by atoms with van der Waals surface area (Å²) >= 11 is 0. The summed E-state index contributed by atoms with van der Waals surface area (Å²) in [5, 5.41) is 0. The van der Waals surface area contributed by atoms with Crippen molar-refractivity contribution in [3.8, 4) is 0 Å². The molecule has 2 rings (SSSR count). The number of hydrogen-bond acceptors (Lipinski definition) is 0. The molecule has 0 heterocycles. The maximum Gasteiger partial charge on any atom is -0.0355 e. The molecular weight excluding hydrogens is 132 g/mol. The predicted octanol–water partition coefficient (Wildman–Crippen LogP) is 3.47. The van der Waals surface area contributed by atoms with E-state index in [0.29, 0.717) is 0 Å². The van der Waals surface area contributed by atoms with Crippen LogP contribution < -0.4 is 0 Å². The summed E-state index contributed by atoms with van der Waals surface area (Å²) in [5.74, 6) is 4.40. The number of hydrogen-bond donors (Lipinski definition) is 0. The molecule has 0 spiro atoms. The molecule has 2 aliphatic rings. The van der Waals surface area contributed by atoms with E-state index in [1.807, 2.05) is 0 Å². The van der Waals surface area contributed by atoms with Crippen molar-refractivity contribution in [3.05, 3.63) is 0 Å². The molecule has 0 aliphatic heterocycles. The van der Waals surface area contributed by atoms with Crippen LogP contribution in [0.25, 0.3) is 0 Å². The van der Waals surface area contributed by atoms with Gasteiger partial charge in [0.05, 0.1) is 0 Å². The van der Waals surface area contributed by atoms with Gasteiger partial charge in [0.25, 0.3) is 0 Å². The Kier molecular flexibility index (Phi) is 1.95. The second kappa shape index (κ2) is 2.80. The molecular formula is C11H20. The van der Waals surface area contributed by atoms with Gasteiger partial charge in [-0.1, -0.05) is 26.7 Å². The van der Waals surface area contributed by atoms with Gasteiger partial charge in [0, 0.05) is 0 Å². The van der Waals surface area contributed by atoms with E-state index in [2.05, 4.69) is 13.8 Å². The monoisotopic (exact) mass is 152 g/mol. The third-order valence-corrected chi connectivity index (χ3v) is 4.16. The Labute approximate surface area is 70.4 Å². The molecule has 0 radical (unpaired) electrons. The average Bonchev–Trinajstić information content (AvgIpc) is 2.54. The molecule has 64 valence electrons. The Morgan fingerprint density at radius 2 is 1.91 bits per heavy atom. The Morgan fingerprint density at radius 1 is 1.18 bits per heavy atom. The minimum Gasteiger partial charge on any atom is -0.0651 e. The van der Waals surface area contributed by atoms with Crippen molar-refractivity contribution < 1.29 is 0 Å². The highest BCUT2D eigenvalue weighted by Crippen LogP contribution is 2.51. The van der Waals surface area contributed by atoms with Crippen LogP contribution in [0.5, 0.6) is 0 Å². The van der Waals surface area contributed by atoms with E-state index in [0.717, 1.165) is 23.7 Å². The fourth-order valence-corrected chi connectivity index (χ4v) is 3.61. The quantitative estimate of drug-likeness (QED) is 0.539. The third kappa shape index (κ3) is 1.11. The molecule has 0 bridgehead atoms. The lowest BCUT2D eigenvalue weighted by Crippen LogP contribution is -2.08.